The fourth-order valence-electron chi connectivity index (χ4n) is 1.47. The molecule has 0 aliphatic carbocycles. The minimum atomic E-state index is -3.63. The Hall–Kier alpha value is -1.22. The van der Waals surface area contributed by atoms with Gasteiger partial charge in [-0.2, -0.15) is 0 Å². The van der Waals surface area contributed by atoms with Crippen molar-refractivity contribution in [2.75, 3.05) is 0 Å². The Bertz CT molecular complexity index is 633. The third kappa shape index (κ3) is 4.14. The summed E-state index contributed by atoms with van der Waals surface area (Å²) >= 11 is 1.40. The summed E-state index contributed by atoms with van der Waals surface area (Å²) in [5.74, 6) is 0.591. The standard InChI is InChI=1S/C12H17N3O3S2/c1-9(2)14-7-10-3-4-12(18-10)20(16,17)15-8-11-13-5-6-19-11/h3-6,9,14-15H,7-8H2,1-2H3. The van der Waals surface area contributed by atoms with Crippen LogP contribution in [0.1, 0.15) is 24.6 Å². The van der Waals surface area contributed by atoms with Gasteiger partial charge in [0.25, 0.3) is 10.0 Å². The monoisotopic (exact) mass is 315 g/mol. The number of nitrogens with one attached hydrogen (secondary N) is 2. The molecule has 0 spiro atoms. The maximum Gasteiger partial charge on any atom is 0.274 e. The highest BCUT2D eigenvalue weighted by Gasteiger charge is 2.18. The number of furan rings is 1. The molecule has 110 valence electrons. The Balaban J connectivity index is 1.98. The van der Waals surface area contributed by atoms with Crippen molar-refractivity contribution < 1.29 is 12.8 Å². The summed E-state index contributed by atoms with van der Waals surface area (Å²) in [4.78, 5) is 4.02. The molecule has 0 atom stereocenters. The predicted molar refractivity (Wildman–Crippen MR) is 76.8 cm³/mol. The van der Waals surface area contributed by atoms with Gasteiger partial charge in [-0.05, 0) is 12.1 Å². The summed E-state index contributed by atoms with van der Waals surface area (Å²) in [7, 11) is -3.63. The van der Waals surface area contributed by atoms with Crippen LogP contribution in [0.2, 0.25) is 0 Å². The second-order valence-electron chi connectivity index (χ2n) is 4.51. The van der Waals surface area contributed by atoms with Gasteiger partial charge in [0, 0.05) is 17.6 Å². The third-order valence-electron chi connectivity index (χ3n) is 2.48. The summed E-state index contributed by atoms with van der Waals surface area (Å²) in [5, 5.41) is 5.60. The highest BCUT2D eigenvalue weighted by molar-refractivity contribution is 7.89. The summed E-state index contributed by atoms with van der Waals surface area (Å²) in [6.45, 7) is 4.69. The second-order valence-corrected chi connectivity index (χ2v) is 7.18. The molecule has 0 fully saturated rings. The zero-order valence-corrected chi connectivity index (χ0v) is 12.9. The molecule has 0 bridgehead atoms. The lowest BCUT2D eigenvalue weighted by Crippen LogP contribution is -2.23. The van der Waals surface area contributed by atoms with Crippen LogP contribution in [0.3, 0.4) is 0 Å². The number of hydrogen-bond acceptors (Lipinski definition) is 6. The molecule has 2 N–H and O–H groups in total. The van der Waals surface area contributed by atoms with Gasteiger partial charge in [0.05, 0.1) is 13.1 Å². The SMILES string of the molecule is CC(C)NCc1ccc(S(=O)(=O)NCc2nccs2)o1. The number of aromatic nitrogens is 1. The van der Waals surface area contributed by atoms with Gasteiger partial charge in [-0.15, -0.1) is 11.3 Å². The molecule has 0 radical (unpaired) electrons. The Labute approximate surface area is 122 Å². The summed E-state index contributed by atoms with van der Waals surface area (Å²) in [5.41, 5.74) is 0. The Morgan fingerprint density at radius 2 is 2.15 bits per heavy atom. The Morgan fingerprint density at radius 1 is 1.35 bits per heavy atom. The van der Waals surface area contributed by atoms with E-state index in [1.165, 1.54) is 17.4 Å². The van der Waals surface area contributed by atoms with Gasteiger partial charge in [-0.1, -0.05) is 13.8 Å². The van der Waals surface area contributed by atoms with E-state index in [0.29, 0.717) is 23.4 Å². The van der Waals surface area contributed by atoms with E-state index in [1.807, 2.05) is 13.8 Å². The zero-order valence-electron chi connectivity index (χ0n) is 11.3. The van der Waals surface area contributed by atoms with Crippen LogP contribution in [0.5, 0.6) is 0 Å². The van der Waals surface area contributed by atoms with E-state index >= 15 is 0 Å². The van der Waals surface area contributed by atoms with Crippen LogP contribution < -0.4 is 10.0 Å². The molecule has 6 nitrogen and oxygen atoms in total. The van der Waals surface area contributed by atoms with Crippen LogP contribution in [0.15, 0.2) is 33.2 Å². The number of hydrogen-bond donors (Lipinski definition) is 2. The van der Waals surface area contributed by atoms with Gasteiger partial charge in [-0.25, -0.2) is 18.1 Å². The molecule has 0 saturated heterocycles. The van der Waals surface area contributed by atoms with E-state index in [2.05, 4.69) is 15.0 Å². The molecule has 2 aromatic rings. The molecule has 0 amide bonds. The Kier molecular flexibility index (Phi) is 4.92. The molecule has 2 rings (SSSR count). The minimum Gasteiger partial charge on any atom is -0.447 e. The minimum absolute atomic E-state index is 0.0744. The first kappa shape index (κ1) is 15.2. The van der Waals surface area contributed by atoms with E-state index in [4.69, 9.17) is 4.42 Å². The smallest absolute Gasteiger partial charge is 0.274 e. The number of sulfonamides is 1. The lowest BCUT2D eigenvalue weighted by Gasteiger charge is -2.05. The molecule has 0 aliphatic heterocycles. The maximum absolute atomic E-state index is 12.0. The normalized spacial score (nSPS) is 12.2. The summed E-state index contributed by atoms with van der Waals surface area (Å²) in [6, 6.07) is 3.43. The first-order chi connectivity index (χ1) is 9.47. The van der Waals surface area contributed by atoms with Crippen LogP contribution >= 0.6 is 11.3 Å². The molecule has 0 unspecified atom stereocenters. The van der Waals surface area contributed by atoms with Gasteiger partial charge in [0.15, 0.2) is 0 Å². The first-order valence-electron chi connectivity index (χ1n) is 6.17. The van der Waals surface area contributed by atoms with Gasteiger partial charge in [-0.3, -0.25) is 0 Å². The van der Waals surface area contributed by atoms with Gasteiger partial charge < -0.3 is 9.73 Å². The summed E-state index contributed by atoms with van der Waals surface area (Å²) < 4.78 is 31.9. The fourth-order valence-corrected chi connectivity index (χ4v) is 3.05. The van der Waals surface area contributed by atoms with Crippen LogP contribution in [-0.4, -0.2) is 19.4 Å². The van der Waals surface area contributed by atoms with Crippen molar-refractivity contribution in [1.29, 1.82) is 0 Å². The molecule has 8 heteroatoms. The van der Waals surface area contributed by atoms with Crippen LogP contribution in [0, 0.1) is 0 Å². The maximum atomic E-state index is 12.0. The quantitative estimate of drug-likeness (QED) is 0.812. The molecule has 0 saturated carbocycles. The largest absolute Gasteiger partial charge is 0.447 e. The molecular weight excluding hydrogens is 298 g/mol. The summed E-state index contributed by atoms with van der Waals surface area (Å²) in [6.07, 6.45) is 1.64. The highest BCUT2D eigenvalue weighted by atomic mass is 32.2. The van der Waals surface area contributed by atoms with Crippen LogP contribution in [0.25, 0.3) is 0 Å². The van der Waals surface area contributed by atoms with E-state index in [-0.39, 0.29) is 11.6 Å². The van der Waals surface area contributed by atoms with Crippen molar-refractivity contribution in [2.24, 2.45) is 0 Å². The van der Waals surface area contributed by atoms with Gasteiger partial charge in [0.2, 0.25) is 5.09 Å². The van der Waals surface area contributed by atoms with E-state index < -0.39 is 10.0 Å². The van der Waals surface area contributed by atoms with E-state index in [0.717, 1.165) is 0 Å². The van der Waals surface area contributed by atoms with Crippen LogP contribution in [0.4, 0.5) is 0 Å². The van der Waals surface area contributed by atoms with Crippen LogP contribution in [-0.2, 0) is 23.1 Å². The lowest BCUT2D eigenvalue weighted by molar-refractivity contribution is 0.393. The number of nitrogens with zero attached hydrogens (tertiary/aromatic N) is 1. The van der Waals surface area contributed by atoms with Crippen molar-refractivity contribution in [1.82, 2.24) is 15.0 Å². The average Bonchev–Trinajstić information content (AvgIpc) is 3.05. The highest BCUT2D eigenvalue weighted by Crippen LogP contribution is 2.14. The molecule has 0 aromatic carbocycles. The van der Waals surface area contributed by atoms with Crippen molar-refractivity contribution in [2.45, 2.75) is 38.1 Å². The number of thiazole rings is 1. The molecule has 20 heavy (non-hydrogen) atoms. The number of rotatable bonds is 7. The fraction of sp³-hybridized carbons (Fsp3) is 0.417. The van der Waals surface area contributed by atoms with Crippen molar-refractivity contribution in [3.63, 3.8) is 0 Å². The van der Waals surface area contributed by atoms with Gasteiger partial charge in [0.1, 0.15) is 10.8 Å². The second kappa shape index (κ2) is 6.49. The predicted octanol–water partition coefficient (Wildman–Crippen LogP) is 1.71. The molecule has 2 aromatic heterocycles. The van der Waals surface area contributed by atoms with E-state index in [1.54, 1.807) is 17.6 Å². The van der Waals surface area contributed by atoms with Crippen molar-refractivity contribution in [3.05, 3.63) is 34.5 Å². The Morgan fingerprint density at radius 3 is 2.80 bits per heavy atom. The lowest BCUT2D eigenvalue weighted by atomic mass is 10.3. The van der Waals surface area contributed by atoms with Crippen molar-refractivity contribution >= 4 is 21.4 Å². The van der Waals surface area contributed by atoms with E-state index in [9.17, 15) is 8.42 Å². The zero-order chi connectivity index (χ0) is 14.6. The molecular formula is C12H17N3O3S2. The first-order valence-corrected chi connectivity index (χ1v) is 8.54. The van der Waals surface area contributed by atoms with Crippen molar-refractivity contribution in [3.8, 4) is 0 Å². The third-order valence-corrected chi connectivity index (χ3v) is 4.54. The molecule has 2 heterocycles. The average molecular weight is 315 g/mol. The molecule has 0 aliphatic rings. The van der Waals surface area contributed by atoms with Gasteiger partial charge >= 0.3 is 0 Å². The topological polar surface area (TPSA) is 84.2 Å².